The highest BCUT2D eigenvalue weighted by Gasteiger charge is 2.08. The van der Waals surface area contributed by atoms with Gasteiger partial charge in [-0.15, -0.1) is 0 Å². The van der Waals surface area contributed by atoms with Gasteiger partial charge in [0, 0.05) is 6.04 Å². The predicted octanol–water partition coefficient (Wildman–Crippen LogP) is 0.648. The van der Waals surface area contributed by atoms with Crippen LogP contribution in [-0.2, 0) is 0 Å². The highest BCUT2D eigenvalue weighted by Crippen LogP contribution is 2.04. The zero-order valence-corrected chi connectivity index (χ0v) is 7.01. The number of aromatic amines is 1. The van der Waals surface area contributed by atoms with E-state index in [9.17, 15) is 4.79 Å². The number of nitrogens with zero attached hydrogens (tertiary/aromatic N) is 1. The van der Waals surface area contributed by atoms with E-state index < -0.39 is 0 Å². The van der Waals surface area contributed by atoms with Crippen LogP contribution in [0.4, 0.5) is 5.69 Å². The molecule has 11 heavy (non-hydrogen) atoms. The number of anilines is 1. The van der Waals surface area contributed by atoms with E-state index >= 15 is 0 Å². The van der Waals surface area contributed by atoms with Crippen molar-refractivity contribution in [1.82, 2.24) is 9.78 Å². The Bertz CT molecular complexity index is 308. The second kappa shape index (κ2) is 2.45. The van der Waals surface area contributed by atoms with Crippen molar-refractivity contribution in [1.29, 1.82) is 0 Å². The summed E-state index contributed by atoms with van der Waals surface area (Å²) in [5, 5.41) is 2.89. The third kappa shape index (κ3) is 1.15. The molecule has 3 N–H and O–H groups in total. The first-order chi connectivity index (χ1) is 5.04. The van der Waals surface area contributed by atoms with Crippen molar-refractivity contribution in [2.75, 3.05) is 5.73 Å². The largest absolute Gasteiger partial charge is 0.393 e. The number of hydrogen-bond acceptors (Lipinski definition) is 2. The van der Waals surface area contributed by atoms with Crippen molar-refractivity contribution in [2.24, 2.45) is 0 Å². The van der Waals surface area contributed by atoms with Gasteiger partial charge >= 0.3 is 0 Å². The van der Waals surface area contributed by atoms with Crippen molar-refractivity contribution in [2.45, 2.75) is 26.8 Å². The fourth-order valence-electron chi connectivity index (χ4n) is 0.945. The van der Waals surface area contributed by atoms with E-state index in [0.29, 0.717) is 5.69 Å². The van der Waals surface area contributed by atoms with Crippen molar-refractivity contribution in [3.05, 3.63) is 16.0 Å². The highest BCUT2D eigenvalue weighted by molar-refractivity contribution is 5.39. The van der Waals surface area contributed by atoms with Gasteiger partial charge < -0.3 is 5.73 Å². The van der Waals surface area contributed by atoms with Crippen LogP contribution >= 0.6 is 0 Å². The van der Waals surface area contributed by atoms with Gasteiger partial charge in [-0.2, -0.15) is 0 Å². The molecule has 0 saturated carbocycles. The summed E-state index contributed by atoms with van der Waals surface area (Å²) in [4.78, 5) is 11.2. The molecule has 0 spiro atoms. The minimum Gasteiger partial charge on any atom is -0.393 e. The first kappa shape index (κ1) is 7.91. The fourth-order valence-corrected chi connectivity index (χ4v) is 0.945. The van der Waals surface area contributed by atoms with Crippen LogP contribution in [0.1, 0.15) is 25.6 Å². The molecular weight excluding hydrogens is 142 g/mol. The number of aryl methyl sites for hydroxylation is 1. The van der Waals surface area contributed by atoms with Crippen molar-refractivity contribution >= 4 is 5.69 Å². The minimum atomic E-state index is -0.127. The van der Waals surface area contributed by atoms with Crippen LogP contribution in [0.2, 0.25) is 0 Å². The number of hydrogen-bond donors (Lipinski definition) is 2. The van der Waals surface area contributed by atoms with Gasteiger partial charge in [-0.3, -0.25) is 9.89 Å². The summed E-state index contributed by atoms with van der Waals surface area (Å²) >= 11 is 0. The lowest BCUT2D eigenvalue weighted by atomic mass is 10.4. The maximum absolute atomic E-state index is 11.2. The van der Waals surface area contributed by atoms with Crippen LogP contribution in [0.15, 0.2) is 4.79 Å². The van der Waals surface area contributed by atoms with Crippen molar-refractivity contribution < 1.29 is 0 Å². The van der Waals surface area contributed by atoms with Crippen LogP contribution in [0.3, 0.4) is 0 Å². The average Bonchev–Trinajstić information content (AvgIpc) is 2.17. The first-order valence-electron chi connectivity index (χ1n) is 3.60. The quantitative estimate of drug-likeness (QED) is 0.625. The van der Waals surface area contributed by atoms with E-state index in [1.807, 2.05) is 13.8 Å². The third-order valence-corrected chi connectivity index (χ3v) is 1.66. The van der Waals surface area contributed by atoms with Crippen molar-refractivity contribution in [3.8, 4) is 0 Å². The Kier molecular flexibility index (Phi) is 1.76. The molecule has 0 aliphatic rings. The Morgan fingerprint density at radius 3 is 2.27 bits per heavy atom. The summed E-state index contributed by atoms with van der Waals surface area (Å²) in [5.74, 6) is 0. The molecule has 0 radical (unpaired) electrons. The second-order valence-corrected chi connectivity index (χ2v) is 2.92. The van der Waals surface area contributed by atoms with Gasteiger partial charge in [0.1, 0.15) is 5.69 Å². The molecule has 4 nitrogen and oxygen atoms in total. The zero-order valence-electron chi connectivity index (χ0n) is 7.01. The summed E-state index contributed by atoms with van der Waals surface area (Å²) in [7, 11) is 0. The van der Waals surface area contributed by atoms with Gasteiger partial charge in [0.2, 0.25) is 0 Å². The van der Waals surface area contributed by atoms with E-state index in [-0.39, 0.29) is 11.6 Å². The van der Waals surface area contributed by atoms with Gasteiger partial charge in [-0.25, -0.2) is 4.68 Å². The maximum Gasteiger partial charge on any atom is 0.290 e. The Labute approximate surface area is 65.0 Å². The standard InChI is InChI=1S/C7H13N3O/c1-4(2)10-7(11)6(8)5(3)9-10/h4,9H,8H2,1-3H3. The summed E-state index contributed by atoms with van der Waals surface area (Å²) < 4.78 is 1.52. The average molecular weight is 155 g/mol. The molecule has 0 amide bonds. The molecule has 0 aliphatic carbocycles. The van der Waals surface area contributed by atoms with E-state index in [4.69, 9.17) is 5.73 Å². The molecule has 0 saturated heterocycles. The van der Waals surface area contributed by atoms with Gasteiger partial charge in [-0.05, 0) is 20.8 Å². The summed E-state index contributed by atoms with van der Waals surface area (Å²) in [5.41, 5.74) is 6.41. The number of H-pyrrole nitrogens is 1. The smallest absolute Gasteiger partial charge is 0.290 e. The number of nitrogens with one attached hydrogen (secondary N) is 1. The predicted molar refractivity (Wildman–Crippen MR) is 44.6 cm³/mol. The molecule has 1 rings (SSSR count). The molecule has 1 aromatic heterocycles. The topological polar surface area (TPSA) is 63.8 Å². The van der Waals surface area contributed by atoms with E-state index in [2.05, 4.69) is 5.10 Å². The van der Waals surface area contributed by atoms with E-state index in [1.165, 1.54) is 4.68 Å². The molecule has 1 heterocycles. The van der Waals surface area contributed by atoms with Crippen molar-refractivity contribution in [3.63, 3.8) is 0 Å². The zero-order chi connectivity index (χ0) is 8.59. The Morgan fingerprint density at radius 2 is 2.09 bits per heavy atom. The molecule has 62 valence electrons. The number of nitrogen functional groups attached to an aromatic ring is 1. The monoisotopic (exact) mass is 155 g/mol. The lowest BCUT2D eigenvalue weighted by Crippen LogP contribution is -2.20. The molecule has 0 fully saturated rings. The summed E-state index contributed by atoms with van der Waals surface area (Å²) in [6.07, 6.45) is 0. The van der Waals surface area contributed by atoms with Crippen LogP contribution < -0.4 is 11.3 Å². The van der Waals surface area contributed by atoms with Crippen LogP contribution in [0.25, 0.3) is 0 Å². The SMILES string of the molecule is Cc1[nH]n(C(C)C)c(=O)c1N. The van der Waals surface area contributed by atoms with Crippen LogP contribution in [-0.4, -0.2) is 9.78 Å². The van der Waals surface area contributed by atoms with Crippen LogP contribution in [0.5, 0.6) is 0 Å². The molecule has 0 bridgehead atoms. The fraction of sp³-hybridized carbons (Fsp3) is 0.571. The first-order valence-corrected chi connectivity index (χ1v) is 3.60. The second-order valence-electron chi connectivity index (χ2n) is 2.92. The Balaban J connectivity index is 3.30. The Hall–Kier alpha value is -1.19. The summed E-state index contributed by atoms with van der Waals surface area (Å²) in [6.45, 7) is 5.64. The van der Waals surface area contributed by atoms with E-state index in [1.54, 1.807) is 6.92 Å². The minimum absolute atomic E-state index is 0.127. The molecule has 0 unspecified atom stereocenters. The highest BCUT2D eigenvalue weighted by atomic mass is 16.1. The van der Waals surface area contributed by atoms with E-state index in [0.717, 1.165) is 5.69 Å². The number of rotatable bonds is 1. The molecule has 4 heteroatoms. The Morgan fingerprint density at radius 1 is 1.55 bits per heavy atom. The van der Waals surface area contributed by atoms with Gasteiger partial charge in [-0.1, -0.05) is 0 Å². The molecule has 0 aliphatic heterocycles. The number of nitrogens with two attached hydrogens (primary N) is 1. The van der Waals surface area contributed by atoms with Gasteiger partial charge in [0.25, 0.3) is 5.56 Å². The van der Waals surface area contributed by atoms with Gasteiger partial charge in [0.05, 0.1) is 5.69 Å². The number of aromatic nitrogens is 2. The third-order valence-electron chi connectivity index (χ3n) is 1.66. The molecular formula is C7H13N3O. The summed E-state index contributed by atoms with van der Waals surface area (Å²) in [6, 6.07) is 0.137. The maximum atomic E-state index is 11.2. The normalized spacial score (nSPS) is 10.9. The molecule has 0 aromatic carbocycles. The molecule has 0 atom stereocenters. The lowest BCUT2D eigenvalue weighted by molar-refractivity contribution is 0.514. The lowest BCUT2D eigenvalue weighted by Gasteiger charge is -2.03. The van der Waals surface area contributed by atoms with Crippen LogP contribution in [0, 0.1) is 6.92 Å². The van der Waals surface area contributed by atoms with Gasteiger partial charge in [0.15, 0.2) is 0 Å². The molecule has 1 aromatic rings.